The number of benzene rings is 2. The molecule has 0 amide bonds. The number of carbonyl (C=O) groups is 1. The maximum Gasteiger partial charge on any atom is 0.328 e. The SMILES string of the molecule is COC(=O)[C@H](Cc1ccccc1)Nc1nc2ccc([N+](=O)[O-])cc2s1. The molecule has 25 heavy (non-hydrogen) atoms. The minimum absolute atomic E-state index is 0.0107. The first-order valence-corrected chi connectivity index (χ1v) is 8.32. The summed E-state index contributed by atoms with van der Waals surface area (Å²) in [6, 6.07) is 13.5. The van der Waals surface area contributed by atoms with Crippen molar-refractivity contribution in [3.05, 3.63) is 64.2 Å². The first-order chi connectivity index (χ1) is 12.1. The van der Waals surface area contributed by atoms with Crippen LogP contribution in [0.4, 0.5) is 10.8 Å². The number of aromatic nitrogens is 1. The summed E-state index contributed by atoms with van der Waals surface area (Å²) >= 11 is 1.26. The second-order valence-electron chi connectivity index (χ2n) is 5.34. The van der Waals surface area contributed by atoms with Crippen molar-refractivity contribution in [1.29, 1.82) is 0 Å². The van der Waals surface area contributed by atoms with Crippen LogP contribution in [0.25, 0.3) is 10.2 Å². The van der Waals surface area contributed by atoms with E-state index in [1.807, 2.05) is 30.3 Å². The fourth-order valence-electron chi connectivity index (χ4n) is 2.42. The average Bonchev–Trinajstić information content (AvgIpc) is 3.02. The van der Waals surface area contributed by atoms with Crippen LogP contribution in [-0.4, -0.2) is 29.0 Å². The molecule has 1 aromatic heterocycles. The van der Waals surface area contributed by atoms with Gasteiger partial charge in [-0.1, -0.05) is 41.7 Å². The zero-order chi connectivity index (χ0) is 17.8. The van der Waals surface area contributed by atoms with Crippen molar-refractivity contribution < 1.29 is 14.5 Å². The molecule has 3 aromatic rings. The third kappa shape index (κ3) is 3.92. The van der Waals surface area contributed by atoms with Gasteiger partial charge in [-0.05, 0) is 11.6 Å². The molecule has 0 saturated heterocycles. The highest BCUT2D eigenvalue weighted by Crippen LogP contribution is 2.29. The summed E-state index contributed by atoms with van der Waals surface area (Å²) < 4.78 is 5.55. The highest BCUT2D eigenvalue weighted by atomic mass is 32.1. The molecule has 1 N–H and O–H groups in total. The Morgan fingerprint density at radius 2 is 2.08 bits per heavy atom. The predicted octanol–water partition coefficient (Wildman–Crippen LogP) is 3.40. The molecular formula is C17H15N3O4S. The molecule has 0 aliphatic carbocycles. The minimum Gasteiger partial charge on any atom is -0.467 e. The lowest BCUT2D eigenvalue weighted by Gasteiger charge is -2.15. The van der Waals surface area contributed by atoms with Crippen LogP contribution in [0.5, 0.6) is 0 Å². The number of carbonyl (C=O) groups excluding carboxylic acids is 1. The zero-order valence-corrected chi connectivity index (χ0v) is 14.2. The lowest BCUT2D eigenvalue weighted by atomic mass is 10.1. The predicted molar refractivity (Wildman–Crippen MR) is 95.8 cm³/mol. The van der Waals surface area contributed by atoms with Crippen LogP contribution >= 0.6 is 11.3 Å². The molecule has 128 valence electrons. The Hall–Kier alpha value is -3.00. The van der Waals surface area contributed by atoms with Crippen LogP contribution in [0.3, 0.4) is 0 Å². The smallest absolute Gasteiger partial charge is 0.328 e. The van der Waals surface area contributed by atoms with E-state index < -0.39 is 16.9 Å². The number of anilines is 1. The zero-order valence-electron chi connectivity index (χ0n) is 13.3. The number of nitro groups is 1. The highest BCUT2D eigenvalue weighted by molar-refractivity contribution is 7.22. The van der Waals surface area contributed by atoms with E-state index in [-0.39, 0.29) is 5.69 Å². The van der Waals surface area contributed by atoms with Gasteiger partial charge in [-0.2, -0.15) is 0 Å². The Labute approximate surface area is 147 Å². The van der Waals surface area contributed by atoms with Crippen molar-refractivity contribution in [3.63, 3.8) is 0 Å². The molecule has 0 unspecified atom stereocenters. The summed E-state index contributed by atoms with van der Waals surface area (Å²) in [4.78, 5) is 26.9. The molecule has 0 bridgehead atoms. The van der Waals surface area contributed by atoms with E-state index in [0.717, 1.165) is 5.56 Å². The third-order valence-corrected chi connectivity index (χ3v) is 4.60. The van der Waals surface area contributed by atoms with E-state index in [2.05, 4.69) is 10.3 Å². The molecule has 1 heterocycles. The number of rotatable bonds is 6. The van der Waals surface area contributed by atoms with Gasteiger partial charge in [0.15, 0.2) is 5.13 Å². The molecule has 0 fully saturated rings. The number of methoxy groups -OCH3 is 1. The van der Waals surface area contributed by atoms with Crippen molar-refractivity contribution in [2.75, 3.05) is 12.4 Å². The highest BCUT2D eigenvalue weighted by Gasteiger charge is 2.21. The van der Waals surface area contributed by atoms with Gasteiger partial charge in [0.05, 0.1) is 22.2 Å². The van der Waals surface area contributed by atoms with Crippen LogP contribution in [0.1, 0.15) is 5.56 Å². The Kier molecular flexibility index (Phi) is 4.90. The minimum atomic E-state index is -0.594. The largest absolute Gasteiger partial charge is 0.467 e. The number of fused-ring (bicyclic) bond motifs is 1. The lowest BCUT2D eigenvalue weighted by molar-refractivity contribution is -0.384. The molecule has 0 radical (unpaired) electrons. The second kappa shape index (κ2) is 7.27. The number of ether oxygens (including phenoxy) is 1. The fraction of sp³-hybridized carbons (Fsp3) is 0.176. The molecular weight excluding hydrogens is 342 g/mol. The van der Waals surface area contributed by atoms with Crippen LogP contribution in [0.2, 0.25) is 0 Å². The summed E-state index contributed by atoms with van der Waals surface area (Å²) in [5, 5.41) is 14.5. The van der Waals surface area contributed by atoms with E-state index >= 15 is 0 Å². The Morgan fingerprint density at radius 3 is 2.76 bits per heavy atom. The summed E-state index contributed by atoms with van der Waals surface area (Å²) in [6.45, 7) is 0. The summed E-state index contributed by atoms with van der Waals surface area (Å²) in [7, 11) is 1.34. The van der Waals surface area contributed by atoms with Crippen molar-refractivity contribution in [2.24, 2.45) is 0 Å². The first kappa shape index (κ1) is 16.8. The standard InChI is InChI=1S/C17H15N3O4S/c1-24-16(21)14(9-11-5-3-2-4-6-11)19-17-18-13-8-7-12(20(22)23)10-15(13)25-17/h2-8,10,14H,9H2,1H3,(H,18,19)/t14-/m0/s1. The Bertz CT molecular complexity index is 911. The number of thiazole rings is 1. The molecule has 0 aliphatic heterocycles. The fourth-order valence-corrected chi connectivity index (χ4v) is 3.37. The molecule has 2 aromatic carbocycles. The van der Waals surface area contributed by atoms with Gasteiger partial charge in [0, 0.05) is 18.6 Å². The number of nitrogens with zero attached hydrogens (tertiary/aromatic N) is 2. The summed E-state index contributed by atoms with van der Waals surface area (Å²) in [5.74, 6) is -0.394. The summed E-state index contributed by atoms with van der Waals surface area (Å²) in [5.41, 5.74) is 1.64. The molecule has 1 atom stereocenters. The molecule has 0 saturated carbocycles. The maximum atomic E-state index is 12.1. The van der Waals surface area contributed by atoms with Crippen LogP contribution in [-0.2, 0) is 16.0 Å². The number of hydrogen-bond acceptors (Lipinski definition) is 7. The third-order valence-electron chi connectivity index (χ3n) is 3.65. The van der Waals surface area contributed by atoms with Crippen molar-refractivity contribution in [3.8, 4) is 0 Å². The van der Waals surface area contributed by atoms with Crippen molar-refractivity contribution in [2.45, 2.75) is 12.5 Å². The van der Waals surface area contributed by atoms with Crippen LogP contribution < -0.4 is 5.32 Å². The quantitative estimate of drug-likeness (QED) is 0.413. The van der Waals surface area contributed by atoms with E-state index in [4.69, 9.17) is 4.74 Å². The molecule has 3 rings (SSSR count). The second-order valence-corrected chi connectivity index (χ2v) is 6.37. The maximum absolute atomic E-state index is 12.1. The van der Waals surface area contributed by atoms with Gasteiger partial charge in [0.25, 0.3) is 5.69 Å². The first-order valence-electron chi connectivity index (χ1n) is 7.50. The Balaban J connectivity index is 1.84. The lowest BCUT2D eigenvalue weighted by Crippen LogP contribution is -2.32. The molecule has 7 nitrogen and oxygen atoms in total. The Morgan fingerprint density at radius 1 is 1.32 bits per heavy atom. The van der Waals surface area contributed by atoms with Crippen molar-refractivity contribution >= 4 is 38.3 Å². The van der Waals surface area contributed by atoms with Crippen LogP contribution in [0.15, 0.2) is 48.5 Å². The summed E-state index contributed by atoms with van der Waals surface area (Å²) in [6.07, 6.45) is 0.448. The van der Waals surface area contributed by atoms with Crippen molar-refractivity contribution in [1.82, 2.24) is 4.98 Å². The van der Waals surface area contributed by atoms with Gasteiger partial charge in [-0.3, -0.25) is 10.1 Å². The van der Waals surface area contributed by atoms with Gasteiger partial charge in [-0.15, -0.1) is 0 Å². The number of nitrogens with one attached hydrogen (secondary N) is 1. The van der Waals surface area contributed by atoms with E-state index in [0.29, 0.717) is 21.8 Å². The number of non-ortho nitro benzene ring substituents is 1. The molecule has 0 aliphatic rings. The number of esters is 1. The topological polar surface area (TPSA) is 94.4 Å². The van der Waals surface area contributed by atoms with Gasteiger partial charge in [0.1, 0.15) is 6.04 Å². The average molecular weight is 357 g/mol. The number of nitro benzene ring substituents is 1. The van der Waals surface area contributed by atoms with E-state index in [1.54, 1.807) is 6.07 Å². The van der Waals surface area contributed by atoms with Gasteiger partial charge in [0.2, 0.25) is 0 Å². The molecule has 8 heteroatoms. The monoisotopic (exact) mass is 357 g/mol. The molecule has 0 spiro atoms. The normalized spacial score (nSPS) is 11.9. The van der Waals surface area contributed by atoms with Gasteiger partial charge < -0.3 is 10.1 Å². The van der Waals surface area contributed by atoms with Crippen LogP contribution in [0, 0.1) is 10.1 Å². The van der Waals surface area contributed by atoms with E-state index in [1.165, 1.54) is 30.6 Å². The van der Waals surface area contributed by atoms with Gasteiger partial charge in [-0.25, -0.2) is 9.78 Å². The van der Waals surface area contributed by atoms with Gasteiger partial charge >= 0.3 is 5.97 Å². The van der Waals surface area contributed by atoms with E-state index in [9.17, 15) is 14.9 Å². The number of hydrogen-bond donors (Lipinski definition) is 1.